The first-order valence-corrected chi connectivity index (χ1v) is 9.37. The molecule has 1 aromatic carbocycles. The minimum atomic E-state index is 0.0652. The average Bonchev–Trinajstić information content (AvgIpc) is 3.15. The Bertz CT molecular complexity index is 761. The van der Waals surface area contributed by atoms with E-state index >= 15 is 0 Å². The minimum absolute atomic E-state index is 0.0652. The van der Waals surface area contributed by atoms with E-state index in [4.69, 9.17) is 0 Å². The largest absolute Gasteiger partial charge is 0.369 e. The second kappa shape index (κ2) is 7.07. The van der Waals surface area contributed by atoms with Gasteiger partial charge in [0.05, 0.1) is 6.54 Å². The fourth-order valence-electron chi connectivity index (χ4n) is 3.73. The van der Waals surface area contributed by atoms with Crippen molar-refractivity contribution in [3.05, 3.63) is 42.0 Å². The zero-order valence-electron chi connectivity index (χ0n) is 15.5. The topological polar surface area (TPSA) is 57.5 Å². The van der Waals surface area contributed by atoms with Crippen LogP contribution in [0.4, 0.5) is 5.69 Å². The minimum Gasteiger partial charge on any atom is -0.369 e. The first-order chi connectivity index (χ1) is 12.6. The molecule has 0 N–H and O–H groups in total. The molecule has 3 heterocycles. The van der Waals surface area contributed by atoms with Crippen molar-refractivity contribution in [2.75, 3.05) is 37.6 Å². The molecule has 1 saturated heterocycles. The van der Waals surface area contributed by atoms with Gasteiger partial charge in [-0.3, -0.25) is 9.69 Å². The third-order valence-corrected chi connectivity index (χ3v) is 5.45. The van der Waals surface area contributed by atoms with Crippen LogP contribution < -0.4 is 4.90 Å². The van der Waals surface area contributed by atoms with Crippen LogP contribution in [-0.2, 0) is 13.1 Å². The number of fused-ring (bicyclic) bond motifs is 1. The molecule has 0 spiro atoms. The standard InChI is InChI=1S/C19H26N6O/c1-15(2)22-7-9-23(10-8-22)17-5-3-16(4-6-17)19(26)24-11-12-25-14-20-21-18(25)13-24/h3-6,14-15H,7-13H2,1-2H3. The van der Waals surface area contributed by atoms with Crippen LogP contribution >= 0.6 is 0 Å². The Morgan fingerprint density at radius 2 is 1.73 bits per heavy atom. The average molecular weight is 354 g/mol. The van der Waals surface area contributed by atoms with Gasteiger partial charge in [-0.05, 0) is 38.1 Å². The number of piperazine rings is 1. The summed E-state index contributed by atoms with van der Waals surface area (Å²) in [5, 5.41) is 8.00. The van der Waals surface area contributed by atoms with Crippen LogP contribution in [0.2, 0.25) is 0 Å². The lowest BCUT2D eigenvalue weighted by molar-refractivity contribution is 0.0707. The van der Waals surface area contributed by atoms with E-state index in [0.29, 0.717) is 19.1 Å². The molecule has 0 bridgehead atoms. The van der Waals surface area contributed by atoms with E-state index in [1.165, 1.54) is 5.69 Å². The van der Waals surface area contributed by atoms with Crippen molar-refractivity contribution in [2.45, 2.75) is 33.0 Å². The molecule has 7 heteroatoms. The zero-order chi connectivity index (χ0) is 18.1. The number of carbonyl (C=O) groups is 1. The van der Waals surface area contributed by atoms with E-state index in [-0.39, 0.29) is 5.91 Å². The summed E-state index contributed by atoms with van der Waals surface area (Å²) in [7, 11) is 0. The van der Waals surface area contributed by atoms with Crippen LogP contribution in [-0.4, -0.2) is 69.2 Å². The number of carbonyl (C=O) groups excluding carboxylic acids is 1. The van der Waals surface area contributed by atoms with Gasteiger partial charge in [-0.25, -0.2) is 0 Å². The third-order valence-electron chi connectivity index (χ3n) is 5.45. The van der Waals surface area contributed by atoms with E-state index < -0.39 is 0 Å². The van der Waals surface area contributed by atoms with Gasteiger partial charge in [0.15, 0.2) is 5.82 Å². The number of rotatable bonds is 3. The van der Waals surface area contributed by atoms with Gasteiger partial charge in [-0.1, -0.05) is 0 Å². The van der Waals surface area contributed by atoms with Crippen LogP contribution in [0.3, 0.4) is 0 Å². The lowest BCUT2D eigenvalue weighted by Gasteiger charge is -2.38. The van der Waals surface area contributed by atoms with E-state index in [0.717, 1.165) is 44.1 Å². The SMILES string of the molecule is CC(C)N1CCN(c2ccc(C(=O)N3CCn4cnnc4C3)cc2)CC1. The molecule has 1 aromatic heterocycles. The quantitative estimate of drug-likeness (QED) is 0.835. The molecule has 1 amide bonds. The predicted molar refractivity (Wildman–Crippen MR) is 100 cm³/mol. The van der Waals surface area contributed by atoms with Crippen LogP contribution in [0.5, 0.6) is 0 Å². The fourth-order valence-corrected chi connectivity index (χ4v) is 3.73. The third kappa shape index (κ3) is 3.31. The summed E-state index contributed by atoms with van der Waals surface area (Å²) in [5.74, 6) is 0.916. The van der Waals surface area contributed by atoms with Crippen LogP contribution in [0.15, 0.2) is 30.6 Å². The molecule has 4 rings (SSSR count). The Balaban J connectivity index is 1.39. The molecule has 2 aliphatic heterocycles. The molecule has 138 valence electrons. The van der Waals surface area contributed by atoms with Crippen LogP contribution in [0, 0.1) is 0 Å². The number of amides is 1. The molecular formula is C19H26N6O. The maximum absolute atomic E-state index is 12.8. The van der Waals surface area contributed by atoms with Crippen LogP contribution in [0.25, 0.3) is 0 Å². The molecule has 7 nitrogen and oxygen atoms in total. The normalized spacial score (nSPS) is 18.3. The van der Waals surface area contributed by atoms with Crippen LogP contribution in [0.1, 0.15) is 30.0 Å². The van der Waals surface area contributed by atoms with E-state index in [9.17, 15) is 4.79 Å². The van der Waals surface area contributed by atoms with E-state index in [1.807, 2.05) is 21.6 Å². The molecule has 0 radical (unpaired) electrons. The monoisotopic (exact) mass is 354 g/mol. The first-order valence-electron chi connectivity index (χ1n) is 9.37. The highest BCUT2D eigenvalue weighted by atomic mass is 16.2. The summed E-state index contributed by atoms with van der Waals surface area (Å²) in [5.41, 5.74) is 1.94. The van der Waals surface area contributed by atoms with E-state index in [2.05, 4.69) is 46.0 Å². The highest BCUT2D eigenvalue weighted by Crippen LogP contribution is 2.20. The van der Waals surface area contributed by atoms with Gasteiger partial charge < -0.3 is 14.4 Å². The predicted octanol–water partition coefficient (Wildman–Crippen LogP) is 1.46. The van der Waals surface area contributed by atoms with Gasteiger partial charge in [0.25, 0.3) is 5.91 Å². The van der Waals surface area contributed by atoms with Gasteiger partial charge in [0.2, 0.25) is 0 Å². The summed E-state index contributed by atoms with van der Waals surface area (Å²) in [6, 6.07) is 8.65. The summed E-state index contributed by atoms with van der Waals surface area (Å²) >= 11 is 0. The lowest BCUT2D eigenvalue weighted by atomic mass is 10.1. The van der Waals surface area contributed by atoms with Gasteiger partial charge in [-0.2, -0.15) is 0 Å². The van der Waals surface area contributed by atoms with Crippen molar-refractivity contribution in [2.24, 2.45) is 0 Å². The molecule has 2 aliphatic rings. The molecule has 0 aliphatic carbocycles. The number of aromatic nitrogens is 3. The molecule has 26 heavy (non-hydrogen) atoms. The second-order valence-electron chi connectivity index (χ2n) is 7.33. The highest BCUT2D eigenvalue weighted by molar-refractivity contribution is 5.94. The summed E-state index contributed by atoms with van der Waals surface area (Å²) in [6.07, 6.45) is 1.73. The molecule has 0 saturated carbocycles. The summed E-state index contributed by atoms with van der Waals surface area (Å²) in [4.78, 5) is 19.5. The molecular weight excluding hydrogens is 328 g/mol. The van der Waals surface area contributed by atoms with Crippen molar-refractivity contribution in [1.82, 2.24) is 24.6 Å². The Morgan fingerprint density at radius 1 is 1.00 bits per heavy atom. The van der Waals surface area contributed by atoms with Crippen molar-refractivity contribution in [3.8, 4) is 0 Å². The molecule has 0 atom stereocenters. The zero-order valence-corrected chi connectivity index (χ0v) is 15.5. The van der Waals surface area contributed by atoms with Gasteiger partial charge in [0.1, 0.15) is 6.33 Å². The maximum atomic E-state index is 12.8. The van der Waals surface area contributed by atoms with Gasteiger partial charge in [-0.15, -0.1) is 10.2 Å². The summed E-state index contributed by atoms with van der Waals surface area (Å²) < 4.78 is 2.00. The first kappa shape index (κ1) is 17.0. The van der Waals surface area contributed by atoms with Crippen molar-refractivity contribution < 1.29 is 4.79 Å². The van der Waals surface area contributed by atoms with Gasteiger partial charge in [0, 0.05) is 56.6 Å². The second-order valence-corrected chi connectivity index (χ2v) is 7.33. The maximum Gasteiger partial charge on any atom is 0.254 e. The summed E-state index contributed by atoms with van der Waals surface area (Å²) in [6.45, 7) is 10.7. The Labute approximate surface area is 154 Å². The van der Waals surface area contributed by atoms with Crippen molar-refractivity contribution in [3.63, 3.8) is 0 Å². The van der Waals surface area contributed by atoms with Gasteiger partial charge >= 0.3 is 0 Å². The molecule has 1 fully saturated rings. The number of benzene rings is 1. The Hall–Kier alpha value is -2.41. The van der Waals surface area contributed by atoms with Crippen molar-refractivity contribution >= 4 is 11.6 Å². The fraction of sp³-hybridized carbons (Fsp3) is 0.526. The molecule has 0 unspecified atom stereocenters. The number of nitrogens with zero attached hydrogens (tertiary/aromatic N) is 6. The smallest absolute Gasteiger partial charge is 0.254 e. The Kier molecular flexibility index (Phi) is 4.63. The number of anilines is 1. The lowest BCUT2D eigenvalue weighted by Crippen LogP contribution is -2.48. The Morgan fingerprint density at radius 3 is 2.42 bits per heavy atom. The van der Waals surface area contributed by atoms with Crippen molar-refractivity contribution in [1.29, 1.82) is 0 Å². The number of hydrogen-bond acceptors (Lipinski definition) is 5. The van der Waals surface area contributed by atoms with E-state index in [1.54, 1.807) is 6.33 Å². The highest BCUT2D eigenvalue weighted by Gasteiger charge is 2.23. The number of hydrogen-bond donors (Lipinski definition) is 0. The molecule has 2 aromatic rings.